The minimum atomic E-state index is -0.503. The third-order valence-corrected chi connectivity index (χ3v) is 3.42. The first-order valence-electron chi connectivity index (χ1n) is 6.59. The normalized spacial score (nSPS) is 12.8. The number of ether oxygens (including phenoxy) is 3. The quantitative estimate of drug-likeness (QED) is 0.635. The average Bonchev–Trinajstić information content (AvgIpc) is 2.53. The van der Waals surface area contributed by atoms with E-state index in [1.165, 1.54) is 18.2 Å². The molecule has 2 aromatic rings. The van der Waals surface area contributed by atoms with Crippen LogP contribution in [0.3, 0.4) is 0 Å². The summed E-state index contributed by atoms with van der Waals surface area (Å²) in [6, 6.07) is 9.63. The zero-order chi connectivity index (χ0) is 15.5. The monoisotopic (exact) mass is 321 g/mol. The van der Waals surface area contributed by atoms with E-state index in [1.54, 1.807) is 0 Å². The van der Waals surface area contributed by atoms with Gasteiger partial charge in [0.25, 0.3) is 5.69 Å². The molecule has 2 aromatic carbocycles. The topological polar surface area (TPSA) is 70.8 Å². The van der Waals surface area contributed by atoms with Crippen LogP contribution in [0.2, 0.25) is 5.02 Å². The standard InChI is InChI=1S/C15H12ClNO5/c16-12-8-11(17(18)19)2-4-13(12)22-9-10-1-3-14-15(7-10)21-6-5-20-14/h1-4,7-8H,5-6,9H2. The van der Waals surface area contributed by atoms with E-state index in [2.05, 4.69) is 0 Å². The zero-order valence-corrected chi connectivity index (χ0v) is 12.2. The molecule has 0 radical (unpaired) electrons. The molecule has 1 heterocycles. The fourth-order valence-corrected chi connectivity index (χ4v) is 2.29. The molecule has 1 aliphatic rings. The molecule has 6 nitrogen and oxygen atoms in total. The van der Waals surface area contributed by atoms with Crippen LogP contribution in [0.25, 0.3) is 0 Å². The average molecular weight is 322 g/mol. The number of hydrogen-bond donors (Lipinski definition) is 0. The smallest absolute Gasteiger partial charge is 0.271 e. The van der Waals surface area contributed by atoms with Crippen LogP contribution >= 0.6 is 11.6 Å². The van der Waals surface area contributed by atoms with Gasteiger partial charge in [0, 0.05) is 12.1 Å². The second-order valence-corrected chi connectivity index (χ2v) is 5.05. The summed E-state index contributed by atoms with van der Waals surface area (Å²) in [6.45, 7) is 1.33. The van der Waals surface area contributed by atoms with E-state index in [4.69, 9.17) is 25.8 Å². The number of hydrogen-bond acceptors (Lipinski definition) is 5. The summed E-state index contributed by atoms with van der Waals surface area (Å²) in [7, 11) is 0. The van der Waals surface area contributed by atoms with E-state index in [0.717, 1.165) is 5.56 Å². The van der Waals surface area contributed by atoms with Gasteiger partial charge in [-0.1, -0.05) is 17.7 Å². The van der Waals surface area contributed by atoms with Crippen molar-refractivity contribution in [1.82, 2.24) is 0 Å². The van der Waals surface area contributed by atoms with Gasteiger partial charge in [-0.25, -0.2) is 0 Å². The molecule has 0 saturated carbocycles. The predicted molar refractivity (Wildman–Crippen MR) is 79.9 cm³/mol. The van der Waals surface area contributed by atoms with Crippen molar-refractivity contribution in [3.05, 3.63) is 57.1 Å². The molecule has 0 spiro atoms. The first-order chi connectivity index (χ1) is 10.6. The molecule has 0 atom stereocenters. The van der Waals surface area contributed by atoms with E-state index in [0.29, 0.717) is 30.5 Å². The molecule has 0 aromatic heterocycles. The van der Waals surface area contributed by atoms with Gasteiger partial charge in [0.2, 0.25) is 0 Å². The molecule has 0 bridgehead atoms. The maximum Gasteiger partial charge on any atom is 0.271 e. The molecule has 1 aliphatic heterocycles. The Morgan fingerprint density at radius 3 is 2.64 bits per heavy atom. The second kappa shape index (κ2) is 6.11. The van der Waals surface area contributed by atoms with Crippen molar-refractivity contribution in [2.24, 2.45) is 0 Å². The van der Waals surface area contributed by atoms with Gasteiger partial charge in [-0.2, -0.15) is 0 Å². The minimum absolute atomic E-state index is 0.0725. The van der Waals surface area contributed by atoms with E-state index >= 15 is 0 Å². The highest BCUT2D eigenvalue weighted by molar-refractivity contribution is 6.32. The van der Waals surface area contributed by atoms with Crippen LogP contribution in [-0.2, 0) is 6.61 Å². The van der Waals surface area contributed by atoms with Gasteiger partial charge >= 0.3 is 0 Å². The Morgan fingerprint density at radius 1 is 1.14 bits per heavy atom. The molecule has 0 N–H and O–H groups in total. The Morgan fingerprint density at radius 2 is 1.91 bits per heavy atom. The number of benzene rings is 2. The summed E-state index contributed by atoms with van der Waals surface area (Å²) in [5.74, 6) is 1.78. The fourth-order valence-electron chi connectivity index (χ4n) is 2.06. The molecule has 0 unspecified atom stereocenters. The second-order valence-electron chi connectivity index (χ2n) is 4.64. The number of nitrogens with zero attached hydrogens (tertiary/aromatic N) is 1. The van der Waals surface area contributed by atoms with E-state index in [1.807, 2.05) is 18.2 Å². The zero-order valence-electron chi connectivity index (χ0n) is 11.5. The van der Waals surface area contributed by atoms with Gasteiger partial charge in [-0.05, 0) is 23.8 Å². The van der Waals surface area contributed by atoms with Crippen LogP contribution < -0.4 is 14.2 Å². The van der Waals surface area contributed by atoms with E-state index in [-0.39, 0.29) is 17.3 Å². The van der Waals surface area contributed by atoms with Crippen molar-refractivity contribution in [2.75, 3.05) is 13.2 Å². The minimum Gasteiger partial charge on any atom is -0.487 e. The number of non-ortho nitro benzene ring substituents is 1. The lowest BCUT2D eigenvalue weighted by atomic mass is 10.2. The molecule has 3 rings (SSSR count). The largest absolute Gasteiger partial charge is 0.487 e. The molecule has 0 fully saturated rings. The fraction of sp³-hybridized carbons (Fsp3) is 0.200. The summed E-state index contributed by atoms with van der Waals surface area (Å²) in [5.41, 5.74) is 0.815. The van der Waals surface area contributed by atoms with Crippen molar-refractivity contribution in [3.63, 3.8) is 0 Å². The number of rotatable bonds is 4. The molecule has 0 amide bonds. The van der Waals surface area contributed by atoms with Crippen LogP contribution in [0.5, 0.6) is 17.2 Å². The van der Waals surface area contributed by atoms with Crippen LogP contribution in [0.1, 0.15) is 5.56 Å². The van der Waals surface area contributed by atoms with Gasteiger partial charge in [0.05, 0.1) is 9.95 Å². The molecule has 0 aliphatic carbocycles. The summed E-state index contributed by atoms with van der Waals surface area (Å²) in [6.07, 6.45) is 0. The summed E-state index contributed by atoms with van der Waals surface area (Å²) >= 11 is 5.98. The van der Waals surface area contributed by atoms with Crippen molar-refractivity contribution in [2.45, 2.75) is 6.61 Å². The van der Waals surface area contributed by atoms with Gasteiger partial charge in [0.15, 0.2) is 11.5 Å². The van der Waals surface area contributed by atoms with E-state index < -0.39 is 4.92 Å². The third kappa shape index (κ3) is 3.07. The van der Waals surface area contributed by atoms with Crippen molar-refractivity contribution in [1.29, 1.82) is 0 Å². The highest BCUT2D eigenvalue weighted by Crippen LogP contribution is 2.32. The Hall–Kier alpha value is -2.47. The maximum atomic E-state index is 10.7. The highest BCUT2D eigenvalue weighted by atomic mass is 35.5. The van der Waals surface area contributed by atoms with Gasteiger partial charge in [-0.15, -0.1) is 0 Å². The van der Waals surface area contributed by atoms with Gasteiger partial charge < -0.3 is 14.2 Å². The lowest BCUT2D eigenvalue weighted by Gasteiger charge is -2.19. The molecule has 22 heavy (non-hydrogen) atoms. The lowest BCUT2D eigenvalue weighted by Crippen LogP contribution is -2.15. The van der Waals surface area contributed by atoms with Crippen LogP contribution in [0, 0.1) is 10.1 Å². The molecule has 0 saturated heterocycles. The van der Waals surface area contributed by atoms with Crippen LogP contribution in [0.15, 0.2) is 36.4 Å². The van der Waals surface area contributed by atoms with Crippen molar-refractivity contribution >= 4 is 17.3 Å². The molecule has 7 heteroatoms. The number of nitro groups is 1. The first kappa shape index (κ1) is 14.5. The van der Waals surface area contributed by atoms with Gasteiger partial charge in [-0.3, -0.25) is 10.1 Å². The van der Waals surface area contributed by atoms with E-state index in [9.17, 15) is 10.1 Å². The van der Waals surface area contributed by atoms with Crippen LogP contribution in [0.4, 0.5) is 5.69 Å². The maximum absolute atomic E-state index is 10.7. The summed E-state index contributed by atoms with van der Waals surface area (Å²) in [5, 5.41) is 10.9. The molecular weight excluding hydrogens is 310 g/mol. The van der Waals surface area contributed by atoms with Crippen LogP contribution in [-0.4, -0.2) is 18.1 Å². The lowest BCUT2D eigenvalue weighted by molar-refractivity contribution is -0.384. The summed E-state index contributed by atoms with van der Waals surface area (Å²) in [4.78, 5) is 10.2. The summed E-state index contributed by atoms with van der Waals surface area (Å²) < 4.78 is 16.5. The van der Waals surface area contributed by atoms with Crippen molar-refractivity contribution in [3.8, 4) is 17.2 Å². The highest BCUT2D eigenvalue weighted by Gasteiger charge is 2.13. The number of nitro benzene ring substituents is 1. The SMILES string of the molecule is O=[N+]([O-])c1ccc(OCc2ccc3c(c2)OCCO3)c(Cl)c1. The first-order valence-corrected chi connectivity index (χ1v) is 6.96. The number of halogens is 1. The Balaban J connectivity index is 1.71. The number of fused-ring (bicyclic) bond motifs is 1. The molecular formula is C15H12ClNO5. The van der Waals surface area contributed by atoms with Crippen molar-refractivity contribution < 1.29 is 19.1 Å². The Bertz CT molecular complexity index is 719. The molecule has 114 valence electrons. The van der Waals surface area contributed by atoms with Gasteiger partial charge in [0.1, 0.15) is 25.6 Å². The third-order valence-electron chi connectivity index (χ3n) is 3.13. The Labute approximate surface area is 131 Å². The Kier molecular flexibility index (Phi) is 4.02. The predicted octanol–water partition coefficient (Wildman–Crippen LogP) is 3.60.